The largest absolute Gasteiger partial charge is 0.117 e. The molecule has 2 aromatic rings. The predicted octanol–water partition coefficient (Wildman–Crippen LogP) is 5.08. The normalized spacial score (nSPS) is 22.0. The zero-order chi connectivity index (χ0) is 13.2. The molecule has 0 nitrogen and oxygen atoms in total. The average Bonchev–Trinajstić information content (AvgIpc) is 2.42. The molecule has 2 atom stereocenters. The lowest BCUT2D eigenvalue weighted by Gasteiger charge is -2.29. The molecule has 0 saturated carbocycles. The number of alkyl halides is 1. The van der Waals surface area contributed by atoms with Crippen LogP contribution in [0.15, 0.2) is 48.5 Å². The van der Waals surface area contributed by atoms with Gasteiger partial charge in [-0.15, -0.1) is 11.6 Å². The van der Waals surface area contributed by atoms with E-state index < -0.39 is 0 Å². The van der Waals surface area contributed by atoms with Gasteiger partial charge in [0, 0.05) is 0 Å². The van der Waals surface area contributed by atoms with Crippen LogP contribution < -0.4 is 0 Å². The van der Waals surface area contributed by atoms with Crippen LogP contribution in [0.3, 0.4) is 0 Å². The van der Waals surface area contributed by atoms with Crippen molar-refractivity contribution in [3.05, 3.63) is 70.8 Å². The SMILES string of the molecule is Cc1cccc(CC2CCc3ccccc3C2Cl)c1. The number of aryl methyl sites for hydroxylation is 2. The van der Waals surface area contributed by atoms with Gasteiger partial charge in [0.15, 0.2) is 0 Å². The summed E-state index contributed by atoms with van der Waals surface area (Å²) in [5.74, 6) is 0.554. The van der Waals surface area contributed by atoms with Crippen molar-refractivity contribution in [1.29, 1.82) is 0 Å². The third-order valence-electron chi connectivity index (χ3n) is 4.13. The topological polar surface area (TPSA) is 0 Å². The molecule has 1 aliphatic carbocycles. The lowest BCUT2D eigenvalue weighted by molar-refractivity contribution is 0.442. The molecule has 3 rings (SSSR count). The summed E-state index contributed by atoms with van der Waals surface area (Å²) in [6.45, 7) is 2.15. The van der Waals surface area contributed by atoms with Crippen LogP contribution in [0.5, 0.6) is 0 Å². The number of halogens is 1. The molecule has 1 heteroatoms. The van der Waals surface area contributed by atoms with E-state index in [1.165, 1.54) is 28.7 Å². The zero-order valence-corrected chi connectivity index (χ0v) is 12.0. The molecular formula is C18H19Cl. The Morgan fingerprint density at radius 2 is 1.95 bits per heavy atom. The van der Waals surface area contributed by atoms with Gasteiger partial charge in [-0.1, -0.05) is 54.1 Å². The van der Waals surface area contributed by atoms with E-state index in [2.05, 4.69) is 55.5 Å². The second kappa shape index (κ2) is 5.38. The highest BCUT2D eigenvalue weighted by atomic mass is 35.5. The average molecular weight is 271 g/mol. The van der Waals surface area contributed by atoms with Crippen LogP contribution in [0.2, 0.25) is 0 Å². The van der Waals surface area contributed by atoms with Crippen molar-refractivity contribution < 1.29 is 0 Å². The first-order valence-corrected chi connectivity index (χ1v) is 7.45. The molecule has 0 aromatic heterocycles. The maximum atomic E-state index is 6.70. The van der Waals surface area contributed by atoms with Crippen LogP contribution >= 0.6 is 11.6 Å². The van der Waals surface area contributed by atoms with Gasteiger partial charge >= 0.3 is 0 Å². The van der Waals surface area contributed by atoms with Crippen LogP contribution in [0.1, 0.15) is 34.1 Å². The van der Waals surface area contributed by atoms with Crippen molar-refractivity contribution in [1.82, 2.24) is 0 Å². The number of benzene rings is 2. The lowest BCUT2D eigenvalue weighted by atomic mass is 9.80. The highest BCUT2D eigenvalue weighted by Gasteiger charge is 2.27. The quantitative estimate of drug-likeness (QED) is 0.668. The van der Waals surface area contributed by atoms with Gasteiger partial charge in [0.1, 0.15) is 0 Å². The summed E-state index contributed by atoms with van der Waals surface area (Å²) in [7, 11) is 0. The molecule has 0 radical (unpaired) electrons. The number of hydrogen-bond donors (Lipinski definition) is 0. The maximum absolute atomic E-state index is 6.70. The first-order valence-electron chi connectivity index (χ1n) is 7.01. The standard InChI is InChI=1S/C18H19Cl/c1-13-5-4-6-14(11-13)12-16-10-9-15-7-2-3-8-17(15)18(16)19/h2-8,11,16,18H,9-10,12H2,1H3. The minimum atomic E-state index is 0.158. The maximum Gasteiger partial charge on any atom is 0.0619 e. The Kier molecular flexibility index (Phi) is 3.61. The van der Waals surface area contributed by atoms with Gasteiger partial charge in [0.05, 0.1) is 5.38 Å². The van der Waals surface area contributed by atoms with E-state index in [1.807, 2.05) is 0 Å². The van der Waals surface area contributed by atoms with Crippen molar-refractivity contribution >= 4 is 11.6 Å². The molecule has 0 amide bonds. The summed E-state index contributed by atoms with van der Waals surface area (Å²) in [5, 5.41) is 0.158. The van der Waals surface area contributed by atoms with Crippen molar-refractivity contribution in [3.63, 3.8) is 0 Å². The summed E-state index contributed by atoms with van der Waals surface area (Å²) in [6.07, 6.45) is 3.44. The third kappa shape index (κ3) is 2.69. The Morgan fingerprint density at radius 1 is 1.11 bits per heavy atom. The van der Waals surface area contributed by atoms with E-state index in [4.69, 9.17) is 11.6 Å². The second-order valence-corrected chi connectivity index (χ2v) is 6.06. The van der Waals surface area contributed by atoms with E-state index in [0.29, 0.717) is 5.92 Å². The Morgan fingerprint density at radius 3 is 2.79 bits per heavy atom. The van der Waals surface area contributed by atoms with E-state index >= 15 is 0 Å². The molecule has 1 aliphatic rings. The summed E-state index contributed by atoms with van der Waals surface area (Å²) in [5.41, 5.74) is 5.52. The Balaban J connectivity index is 1.81. The van der Waals surface area contributed by atoms with Gasteiger partial charge in [-0.25, -0.2) is 0 Å². The second-order valence-electron chi connectivity index (χ2n) is 5.59. The molecule has 0 heterocycles. The fourth-order valence-corrected chi connectivity index (χ4v) is 3.55. The van der Waals surface area contributed by atoms with Crippen LogP contribution in [0.25, 0.3) is 0 Å². The first kappa shape index (κ1) is 12.7. The van der Waals surface area contributed by atoms with Crippen LogP contribution in [-0.4, -0.2) is 0 Å². The Labute approximate surface area is 120 Å². The fourth-order valence-electron chi connectivity index (χ4n) is 3.12. The van der Waals surface area contributed by atoms with E-state index in [-0.39, 0.29) is 5.38 Å². The smallest absolute Gasteiger partial charge is 0.0619 e. The lowest BCUT2D eigenvalue weighted by Crippen LogP contribution is -2.19. The summed E-state index contributed by atoms with van der Waals surface area (Å²) in [6, 6.07) is 17.4. The van der Waals surface area contributed by atoms with Crippen molar-refractivity contribution in [2.45, 2.75) is 31.6 Å². The molecule has 2 unspecified atom stereocenters. The molecule has 0 bridgehead atoms. The molecule has 0 fully saturated rings. The molecule has 0 aliphatic heterocycles. The van der Waals surface area contributed by atoms with E-state index in [0.717, 1.165) is 12.8 Å². The van der Waals surface area contributed by atoms with Crippen LogP contribution in [0.4, 0.5) is 0 Å². The molecule has 0 N–H and O–H groups in total. The van der Waals surface area contributed by atoms with Gasteiger partial charge in [-0.2, -0.15) is 0 Å². The predicted molar refractivity (Wildman–Crippen MR) is 81.7 cm³/mol. The molecule has 0 spiro atoms. The molecule has 98 valence electrons. The van der Waals surface area contributed by atoms with Gasteiger partial charge in [0.2, 0.25) is 0 Å². The molecule has 19 heavy (non-hydrogen) atoms. The summed E-state index contributed by atoms with van der Waals surface area (Å²) < 4.78 is 0. The molecule has 2 aromatic carbocycles. The van der Waals surface area contributed by atoms with E-state index in [9.17, 15) is 0 Å². The molecular weight excluding hydrogens is 252 g/mol. The number of rotatable bonds is 2. The monoisotopic (exact) mass is 270 g/mol. The minimum Gasteiger partial charge on any atom is -0.117 e. The molecule has 0 saturated heterocycles. The first-order chi connectivity index (χ1) is 9.24. The zero-order valence-electron chi connectivity index (χ0n) is 11.3. The Hall–Kier alpha value is -1.27. The Bertz CT molecular complexity index is 573. The van der Waals surface area contributed by atoms with Gasteiger partial charge < -0.3 is 0 Å². The van der Waals surface area contributed by atoms with Gasteiger partial charge in [0.25, 0.3) is 0 Å². The minimum absolute atomic E-state index is 0.158. The fraction of sp³-hybridized carbons (Fsp3) is 0.333. The van der Waals surface area contributed by atoms with Crippen LogP contribution in [-0.2, 0) is 12.8 Å². The van der Waals surface area contributed by atoms with Gasteiger partial charge in [-0.3, -0.25) is 0 Å². The highest BCUT2D eigenvalue weighted by Crippen LogP contribution is 2.40. The van der Waals surface area contributed by atoms with Gasteiger partial charge in [-0.05, 0) is 48.8 Å². The summed E-state index contributed by atoms with van der Waals surface area (Å²) in [4.78, 5) is 0. The van der Waals surface area contributed by atoms with Crippen molar-refractivity contribution in [3.8, 4) is 0 Å². The highest BCUT2D eigenvalue weighted by molar-refractivity contribution is 6.21. The summed E-state index contributed by atoms with van der Waals surface area (Å²) >= 11 is 6.70. The third-order valence-corrected chi connectivity index (χ3v) is 4.72. The number of hydrogen-bond acceptors (Lipinski definition) is 0. The van der Waals surface area contributed by atoms with Crippen LogP contribution in [0, 0.1) is 12.8 Å². The number of fused-ring (bicyclic) bond motifs is 1. The van der Waals surface area contributed by atoms with Crippen molar-refractivity contribution in [2.24, 2.45) is 5.92 Å². The van der Waals surface area contributed by atoms with Crippen molar-refractivity contribution in [2.75, 3.05) is 0 Å². The van der Waals surface area contributed by atoms with E-state index in [1.54, 1.807) is 0 Å².